The van der Waals surface area contributed by atoms with Gasteiger partial charge in [0.2, 0.25) is 0 Å². The quantitative estimate of drug-likeness (QED) is 0.444. The largest absolute Gasteiger partial charge is 0.497 e. The number of fused-ring (bicyclic) bond motifs is 1. The fourth-order valence-corrected chi connectivity index (χ4v) is 4.49. The number of hydrogen-bond acceptors (Lipinski definition) is 7. The lowest BCUT2D eigenvalue weighted by Crippen LogP contribution is -2.50. The van der Waals surface area contributed by atoms with Crippen LogP contribution in [0.5, 0.6) is 11.5 Å². The van der Waals surface area contributed by atoms with Gasteiger partial charge in [-0.2, -0.15) is 0 Å². The van der Waals surface area contributed by atoms with Crippen LogP contribution in [-0.4, -0.2) is 41.2 Å². The highest BCUT2D eigenvalue weighted by Crippen LogP contribution is 2.36. The molecule has 0 spiro atoms. The van der Waals surface area contributed by atoms with Crippen molar-refractivity contribution in [2.24, 2.45) is 0 Å². The van der Waals surface area contributed by atoms with E-state index in [1.54, 1.807) is 36.3 Å². The molecule has 9 heteroatoms. The Hall–Kier alpha value is -4.24. The van der Waals surface area contributed by atoms with Crippen LogP contribution < -0.4 is 19.7 Å². The Morgan fingerprint density at radius 1 is 1.06 bits per heavy atom. The second-order valence-corrected chi connectivity index (χ2v) is 8.63. The van der Waals surface area contributed by atoms with Gasteiger partial charge in [-0.05, 0) is 53.5 Å². The minimum atomic E-state index is -0.858. The molecule has 4 aromatic rings. The van der Waals surface area contributed by atoms with Gasteiger partial charge in [-0.15, -0.1) is 5.10 Å². The number of methoxy groups -OCH3 is 1. The molecule has 0 saturated heterocycles. The Morgan fingerprint density at radius 3 is 2.57 bits per heavy atom. The number of nitrogens with zero attached hydrogens (tertiary/aromatic N) is 3. The molecule has 0 radical (unpaired) electrons. The van der Waals surface area contributed by atoms with E-state index in [4.69, 9.17) is 9.47 Å². The molecule has 2 heterocycles. The second kappa shape index (κ2) is 9.94. The van der Waals surface area contributed by atoms with E-state index in [-0.39, 0.29) is 18.4 Å². The van der Waals surface area contributed by atoms with Crippen molar-refractivity contribution in [1.82, 2.24) is 14.9 Å². The fourth-order valence-electron chi connectivity index (χ4n) is 3.85. The average molecular weight is 487 g/mol. The number of carbonyl (C=O) groups is 2. The number of carbonyl (C=O) groups excluding carboxylic acids is 2. The number of para-hydroxylation sites is 2. The molecule has 2 amide bonds. The first-order valence-corrected chi connectivity index (χ1v) is 11.8. The van der Waals surface area contributed by atoms with Crippen molar-refractivity contribution in [1.29, 1.82) is 0 Å². The number of ether oxygens (including phenoxy) is 2. The first kappa shape index (κ1) is 22.5. The molecule has 1 aliphatic rings. The first-order chi connectivity index (χ1) is 17.1. The van der Waals surface area contributed by atoms with Crippen molar-refractivity contribution in [3.8, 4) is 22.8 Å². The maximum absolute atomic E-state index is 13.7. The molecule has 0 bridgehead atoms. The minimum Gasteiger partial charge on any atom is -0.497 e. The van der Waals surface area contributed by atoms with Crippen molar-refractivity contribution in [3.05, 3.63) is 89.3 Å². The van der Waals surface area contributed by atoms with E-state index < -0.39 is 6.10 Å². The van der Waals surface area contributed by atoms with Crippen molar-refractivity contribution < 1.29 is 19.1 Å². The maximum Gasteiger partial charge on any atom is 0.272 e. The van der Waals surface area contributed by atoms with Gasteiger partial charge in [-0.25, -0.2) is 0 Å². The van der Waals surface area contributed by atoms with Crippen LogP contribution in [0.25, 0.3) is 11.3 Å². The van der Waals surface area contributed by atoms with Gasteiger partial charge in [0.15, 0.2) is 6.10 Å². The van der Waals surface area contributed by atoms with Crippen LogP contribution in [0.1, 0.15) is 15.2 Å². The number of benzene rings is 3. The van der Waals surface area contributed by atoms with Crippen LogP contribution in [-0.2, 0) is 11.3 Å². The third-order valence-corrected chi connectivity index (χ3v) is 6.38. The Bertz CT molecular complexity index is 1340. The lowest BCUT2D eigenvalue weighted by Gasteiger charge is -2.34. The Balaban J connectivity index is 1.40. The normalized spacial score (nSPS) is 14.5. The first-order valence-electron chi connectivity index (χ1n) is 11.0. The molecule has 0 fully saturated rings. The van der Waals surface area contributed by atoms with Gasteiger partial charge < -0.3 is 14.8 Å². The van der Waals surface area contributed by atoms with Gasteiger partial charge in [0, 0.05) is 12.1 Å². The SMILES string of the molecule is COc1ccc(-c2nnsc2C(=O)N2C[C@@H](C(=O)NCc3ccccc3)Oc3ccccc32)cc1. The molecule has 0 unspecified atom stereocenters. The van der Waals surface area contributed by atoms with Crippen LogP contribution in [0.3, 0.4) is 0 Å². The number of nitrogens with one attached hydrogen (secondary N) is 1. The lowest BCUT2D eigenvalue weighted by atomic mass is 10.1. The predicted octanol–water partition coefficient (Wildman–Crippen LogP) is 3.94. The molecule has 0 saturated carbocycles. The van der Waals surface area contributed by atoms with Gasteiger partial charge >= 0.3 is 0 Å². The number of rotatable bonds is 6. The van der Waals surface area contributed by atoms with Gasteiger partial charge in [0.05, 0.1) is 19.3 Å². The molecule has 0 aliphatic carbocycles. The molecule has 1 aromatic heterocycles. The average Bonchev–Trinajstić information content (AvgIpc) is 3.41. The van der Waals surface area contributed by atoms with Crippen LogP contribution >= 0.6 is 11.5 Å². The smallest absolute Gasteiger partial charge is 0.272 e. The van der Waals surface area contributed by atoms with Crippen molar-refractivity contribution >= 4 is 29.0 Å². The summed E-state index contributed by atoms with van der Waals surface area (Å²) in [5.41, 5.74) is 2.81. The topological polar surface area (TPSA) is 93.7 Å². The molecule has 1 N–H and O–H groups in total. The van der Waals surface area contributed by atoms with Gasteiger partial charge in [-0.1, -0.05) is 47.0 Å². The summed E-state index contributed by atoms with van der Waals surface area (Å²) in [6.45, 7) is 0.436. The molecule has 5 rings (SSSR count). The van der Waals surface area contributed by atoms with E-state index in [1.165, 1.54) is 0 Å². The molecule has 1 aliphatic heterocycles. The Labute approximate surface area is 206 Å². The van der Waals surface area contributed by atoms with Crippen LogP contribution in [0.15, 0.2) is 78.9 Å². The summed E-state index contributed by atoms with van der Waals surface area (Å²) in [4.78, 5) is 28.7. The summed E-state index contributed by atoms with van der Waals surface area (Å²) in [5, 5.41) is 7.11. The second-order valence-electron chi connectivity index (χ2n) is 7.87. The Morgan fingerprint density at radius 2 is 1.80 bits per heavy atom. The molecule has 1 atom stereocenters. The van der Waals surface area contributed by atoms with Gasteiger partial charge in [0.25, 0.3) is 11.8 Å². The maximum atomic E-state index is 13.7. The van der Waals surface area contributed by atoms with Crippen molar-refractivity contribution in [2.75, 3.05) is 18.6 Å². The summed E-state index contributed by atoms with van der Waals surface area (Å²) < 4.78 is 15.2. The van der Waals surface area contributed by atoms with E-state index in [0.717, 1.165) is 22.7 Å². The Kier molecular flexibility index (Phi) is 6.40. The molecular weight excluding hydrogens is 464 g/mol. The van der Waals surface area contributed by atoms with Crippen LogP contribution in [0.4, 0.5) is 5.69 Å². The van der Waals surface area contributed by atoms with Crippen molar-refractivity contribution in [2.45, 2.75) is 12.6 Å². The summed E-state index contributed by atoms with van der Waals surface area (Å²) in [7, 11) is 1.59. The third kappa shape index (κ3) is 4.71. The summed E-state index contributed by atoms with van der Waals surface area (Å²) in [6.07, 6.45) is -0.858. The number of amides is 2. The van der Waals surface area contributed by atoms with E-state index in [9.17, 15) is 9.59 Å². The molecule has 3 aromatic carbocycles. The van der Waals surface area contributed by atoms with E-state index >= 15 is 0 Å². The summed E-state index contributed by atoms with van der Waals surface area (Å²) >= 11 is 1.02. The fraction of sp³-hybridized carbons (Fsp3) is 0.154. The standard InChI is InChI=1S/C26H22N4O4S/c1-33-19-13-11-18(12-14-19)23-24(35-29-28-23)26(32)30-16-22(34-21-10-6-5-9-20(21)30)25(31)27-15-17-7-3-2-4-8-17/h2-14,22H,15-16H2,1H3,(H,27,31)/t22-/m0/s1. The van der Waals surface area contributed by atoms with Crippen LogP contribution in [0.2, 0.25) is 0 Å². The lowest BCUT2D eigenvalue weighted by molar-refractivity contribution is -0.127. The van der Waals surface area contributed by atoms with Gasteiger partial charge in [-0.3, -0.25) is 14.5 Å². The van der Waals surface area contributed by atoms with Crippen molar-refractivity contribution in [3.63, 3.8) is 0 Å². The zero-order valence-corrected chi connectivity index (χ0v) is 19.7. The van der Waals surface area contributed by atoms with Gasteiger partial charge in [0.1, 0.15) is 22.1 Å². The monoisotopic (exact) mass is 486 g/mol. The van der Waals surface area contributed by atoms with E-state index in [2.05, 4.69) is 14.9 Å². The zero-order chi connectivity index (χ0) is 24.2. The summed E-state index contributed by atoms with van der Waals surface area (Å²) in [5.74, 6) is 0.591. The third-order valence-electron chi connectivity index (χ3n) is 5.67. The highest BCUT2D eigenvalue weighted by molar-refractivity contribution is 7.08. The zero-order valence-electron chi connectivity index (χ0n) is 18.9. The predicted molar refractivity (Wildman–Crippen MR) is 133 cm³/mol. The number of hydrogen-bond donors (Lipinski definition) is 1. The van der Waals surface area contributed by atoms with Crippen LogP contribution in [0, 0.1) is 0 Å². The molecule has 176 valence electrons. The summed E-state index contributed by atoms with van der Waals surface area (Å²) in [6, 6.07) is 24.1. The van der Waals surface area contributed by atoms with E-state index in [0.29, 0.717) is 34.3 Å². The molecule has 8 nitrogen and oxygen atoms in total. The minimum absolute atomic E-state index is 0.0659. The number of aromatic nitrogens is 2. The number of anilines is 1. The highest BCUT2D eigenvalue weighted by atomic mass is 32.1. The van der Waals surface area contributed by atoms with E-state index in [1.807, 2.05) is 54.6 Å². The molecule has 35 heavy (non-hydrogen) atoms. The molecular formula is C26H22N4O4S. The highest BCUT2D eigenvalue weighted by Gasteiger charge is 2.36.